The highest BCUT2D eigenvalue weighted by Gasteiger charge is 2.27. The Morgan fingerprint density at radius 2 is 2.00 bits per heavy atom. The zero-order valence-corrected chi connectivity index (χ0v) is 6.65. The molecule has 1 aliphatic heterocycles. The molecule has 1 rings (SSSR count). The highest BCUT2D eigenvalue weighted by Crippen LogP contribution is 2.18. The van der Waals surface area contributed by atoms with Crippen LogP contribution in [0.3, 0.4) is 0 Å². The van der Waals surface area contributed by atoms with Gasteiger partial charge in [0.2, 0.25) is 0 Å². The van der Waals surface area contributed by atoms with Crippen LogP contribution in [0.1, 0.15) is 13.8 Å². The zero-order valence-electron chi connectivity index (χ0n) is 6.65. The van der Waals surface area contributed by atoms with Crippen molar-refractivity contribution in [2.45, 2.75) is 25.7 Å². The minimum absolute atomic E-state index is 0.173. The molecule has 0 saturated carbocycles. The van der Waals surface area contributed by atoms with Crippen LogP contribution in [0.25, 0.3) is 10.4 Å². The van der Waals surface area contributed by atoms with Crippen molar-refractivity contribution >= 4 is 0 Å². The lowest BCUT2D eigenvalue weighted by Gasteiger charge is -2.33. The van der Waals surface area contributed by atoms with Gasteiger partial charge in [0.05, 0.1) is 19.3 Å². The van der Waals surface area contributed by atoms with Gasteiger partial charge >= 0.3 is 0 Å². The molecule has 0 aromatic carbocycles. The predicted molar refractivity (Wildman–Crippen MR) is 38.9 cm³/mol. The molecule has 0 atom stereocenters. The van der Waals surface area contributed by atoms with Crippen LogP contribution in [-0.2, 0) is 9.47 Å². The van der Waals surface area contributed by atoms with Crippen LogP contribution in [0, 0.1) is 0 Å². The lowest BCUT2D eigenvalue weighted by atomic mass is 10.3. The maximum atomic E-state index is 8.10. The number of hydrogen-bond donors (Lipinski definition) is 0. The Morgan fingerprint density at radius 1 is 1.45 bits per heavy atom. The van der Waals surface area contributed by atoms with Gasteiger partial charge in [-0.1, -0.05) is 5.11 Å². The summed E-state index contributed by atoms with van der Waals surface area (Å²) in [6, 6.07) is -0.173. The molecule has 5 heteroatoms. The van der Waals surface area contributed by atoms with Crippen LogP contribution in [0.5, 0.6) is 0 Å². The van der Waals surface area contributed by atoms with E-state index in [1.165, 1.54) is 0 Å². The molecule has 1 heterocycles. The fourth-order valence-corrected chi connectivity index (χ4v) is 0.823. The van der Waals surface area contributed by atoms with Crippen molar-refractivity contribution in [2.75, 3.05) is 13.2 Å². The first-order valence-electron chi connectivity index (χ1n) is 3.46. The van der Waals surface area contributed by atoms with Crippen molar-refractivity contribution in [1.29, 1.82) is 0 Å². The van der Waals surface area contributed by atoms with Crippen molar-refractivity contribution < 1.29 is 9.47 Å². The fraction of sp³-hybridized carbons (Fsp3) is 1.00. The molecule has 0 unspecified atom stereocenters. The first kappa shape index (κ1) is 8.33. The molecule has 1 saturated heterocycles. The summed E-state index contributed by atoms with van der Waals surface area (Å²) in [5.41, 5.74) is 8.10. The maximum Gasteiger partial charge on any atom is 0.162 e. The van der Waals surface area contributed by atoms with Gasteiger partial charge < -0.3 is 9.47 Å². The minimum Gasteiger partial charge on any atom is -0.350 e. The van der Waals surface area contributed by atoms with E-state index in [-0.39, 0.29) is 6.04 Å². The second kappa shape index (κ2) is 3.09. The summed E-state index contributed by atoms with van der Waals surface area (Å²) < 4.78 is 10.5. The summed E-state index contributed by atoms with van der Waals surface area (Å²) >= 11 is 0. The van der Waals surface area contributed by atoms with Gasteiger partial charge in [-0.15, -0.1) is 0 Å². The van der Waals surface area contributed by atoms with Crippen LogP contribution in [-0.4, -0.2) is 25.0 Å². The van der Waals surface area contributed by atoms with Crippen LogP contribution < -0.4 is 0 Å². The second-order valence-electron chi connectivity index (χ2n) is 2.88. The average Bonchev–Trinajstić information content (AvgIpc) is 1.94. The standard InChI is InChI=1S/C6H11N3O2/c1-6(2)10-3-5(4-11-6)8-9-7/h5H,3-4H2,1-2H3. The molecule has 5 nitrogen and oxygen atoms in total. The summed E-state index contributed by atoms with van der Waals surface area (Å²) in [7, 11) is 0. The van der Waals surface area contributed by atoms with Gasteiger partial charge in [0.25, 0.3) is 0 Å². The van der Waals surface area contributed by atoms with Gasteiger partial charge in [0.15, 0.2) is 5.79 Å². The first-order valence-corrected chi connectivity index (χ1v) is 3.46. The fourth-order valence-electron chi connectivity index (χ4n) is 0.823. The van der Waals surface area contributed by atoms with Crippen LogP contribution >= 0.6 is 0 Å². The van der Waals surface area contributed by atoms with Crippen LogP contribution in [0.2, 0.25) is 0 Å². The van der Waals surface area contributed by atoms with E-state index in [1.54, 1.807) is 0 Å². The number of ether oxygens (including phenoxy) is 2. The molecular formula is C6H11N3O2. The highest BCUT2D eigenvalue weighted by atomic mass is 16.7. The Balaban J connectivity index is 2.42. The topological polar surface area (TPSA) is 67.2 Å². The Labute approximate surface area is 64.9 Å². The lowest BCUT2D eigenvalue weighted by Crippen LogP contribution is -2.40. The highest BCUT2D eigenvalue weighted by molar-refractivity contribution is 4.72. The third-order valence-corrected chi connectivity index (χ3v) is 1.46. The Bertz CT molecular complexity index is 176. The third kappa shape index (κ3) is 2.38. The van der Waals surface area contributed by atoms with Gasteiger partial charge in [0.1, 0.15) is 0 Å². The molecule has 62 valence electrons. The quantitative estimate of drug-likeness (QED) is 0.328. The van der Waals surface area contributed by atoms with E-state index in [1.807, 2.05) is 13.8 Å². The van der Waals surface area contributed by atoms with Crippen LogP contribution in [0.15, 0.2) is 5.11 Å². The molecule has 0 aliphatic carbocycles. The molecule has 0 aromatic heterocycles. The van der Waals surface area contributed by atoms with E-state index >= 15 is 0 Å². The summed E-state index contributed by atoms with van der Waals surface area (Å²) in [4.78, 5) is 2.67. The van der Waals surface area contributed by atoms with E-state index in [4.69, 9.17) is 15.0 Å². The molecule has 0 radical (unpaired) electrons. The molecular weight excluding hydrogens is 146 g/mol. The summed E-state index contributed by atoms with van der Waals surface area (Å²) in [6.45, 7) is 4.55. The smallest absolute Gasteiger partial charge is 0.162 e. The van der Waals surface area contributed by atoms with Crippen molar-refractivity contribution in [1.82, 2.24) is 0 Å². The first-order chi connectivity index (χ1) is 5.14. The minimum atomic E-state index is -0.526. The number of hydrogen-bond acceptors (Lipinski definition) is 3. The van der Waals surface area contributed by atoms with E-state index < -0.39 is 5.79 Å². The summed E-state index contributed by atoms with van der Waals surface area (Å²) in [6.07, 6.45) is 0. The number of nitrogens with zero attached hydrogens (tertiary/aromatic N) is 3. The third-order valence-electron chi connectivity index (χ3n) is 1.46. The van der Waals surface area contributed by atoms with Crippen molar-refractivity contribution in [3.63, 3.8) is 0 Å². The maximum absolute atomic E-state index is 8.10. The monoisotopic (exact) mass is 157 g/mol. The molecule has 0 aromatic rings. The van der Waals surface area contributed by atoms with E-state index in [2.05, 4.69) is 10.0 Å². The van der Waals surface area contributed by atoms with Crippen molar-refractivity contribution in [3.05, 3.63) is 10.4 Å². The molecule has 0 N–H and O–H groups in total. The van der Waals surface area contributed by atoms with Gasteiger partial charge in [-0.3, -0.25) is 0 Å². The Hall–Kier alpha value is -0.770. The summed E-state index contributed by atoms with van der Waals surface area (Å²) in [5, 5.41) is 3.48. The van der Waals surface area contributed by atoms with Gasteiger partial charge in [0, 0.05) is 4.91 Å². The molecule has 11 heavy (non-hydrogen) atoms. The van der Waals surface area contributed by atoms with E-state index in [0.29, 0.717) is 13.2 Å². The SMILES string of the molecule is CC1(C)OCC(N=[N+]=[N-])CO1. The predicted octanol–water partition coefficient (Wildman–Crippen LogP) is 1.45. The molecule has 1 fully saturated rings. The molecule has 1 aliphatic rings. The normalized spacial score (nSPS) is 24.2. The van der Waals surface area contributed by atoms with Gasteiger partial charge in [-0.25, -0.2) is 0 Å². The molecule has 0 bridgehead atoms. The molecule has 0 spiro atoms. The largest absolute Gasteiger partial charge is 0.350 e. The lowest BCUT2D eigenvalue weighted by molar-refractivity contribution is -0.249. The van der Waals surface area contributed by atoms with Crippen LogP contribution in [0.4, 0.5) is 0 Å². The Morgan fingerprint density at radius 3 is 2.45 bits per heavy atom. The van der Waals surface area contributed by atoms with Gasteiger partial charge in [-0.05, 0) is 19.4 Å². The van der Waals surface area contributed by atoms with Crippen molar-refractivity contribution in [2.24, 2.45) is 5.11 Å². The van der Waals surface area contributed by atoms with Gasteiger partial charge in [-0.2, -0.15) is 0 Å². The zero-order chi connectivity index (χ0) is 8.32. The Kier molecular flexibility index (Phi) is 2.34. The van der Waals surface area contributed by atoms with E-state index in [0.717, 1.165) is 0 Å². The van der Waals surface area contributed by atoms with Crippen molar-refractivity contribution in [3.8, 4) is 0 Å². The number of rotatable bonds is 1. The van der Waals surface area contributed by atoms with E-state index in [9.17, 15) is 0 Å². The average molecular weight is 157 g/mol. The molecule has 0 amide bonds. The number of azide groups is 1. The second-order valence-corrected chi connectivity index (χ2v) is 2.88. The summed E-state index contributed by atoms with van der Waals surface area (Å²) in [5.74, 6) is -0.526.